The van der Waals surface area contributed by atoms with Crippen LogP contribution < -0.4 is 10.6 Å². The zero-order valence-electron chi connectivity index (χ0n) is 16.8. The summed E-state index contributed by atoms with van der Waals surface area (Å²) in [6, 6.07) is 15.5. The van der Waals surface area contributed by atoms with Gasteiger partial charge in [-0.25, -0.2) is 0 Å². The minimum atomic E-state index is -0.417. The zero-order valence-corrected chi connectivity index (χ0v) is 16.8. The van der Waals surface area contributed by atoms with Crippen LogP contribution in [0.25, 0.3) is 0 Å². The van der Waals surface area contributed by atoms with Gasteiger partial charge in [0, 0.05) is 25.2 Å². The van der Waals surface area contributed by atoms with Gasteiger partial charge in [-0.05, 0) is 54.5 Å². The number of anilines is 1. The van der Waals surface area contributed by atoms with Crippen LogP contribution >= 0.6 is 0 Å². The van der Waals surface area contributed by atoms with Crippen LogP contribution in [0.15, 0.2) is 48.5 Å². The number of benzene rings is 2. The summed E-state index contributed by atoms with van der Waals surface area (Å²) in [7, 11) is 0. The maximum Gasteiger partial charge on any atom is 0.245 e. The van der Waals surface area contributed by atoms with Crippen molar-refractivity contribution >= 4 is 23.4 Å². The molecule has 30 heavy (non-hydrogen) atoms. The van der Waals surface area contributed by atoms with Gasteiger partial charge >= 0.3 is 0 Å². The minimum absolute atomic E-state index is 0.0121. The summed E-state index contributed by atoms with van der Waals surface area (Å²) in [6.07, 6.45) is 3.50. The van der Waals surface area contributed by atoms with Crippen LogP contribution in [-0.4, -0.2) is 35.2 Å². The van der Waals surface area contributed by atoms with E-state index in [0.717, 1.165) is 36.1 Å². The molecular weight excluding hydrogens is 378 g/mol. The summed E-state index contributed by atoms with van der Waals surface area (Å²) in [5, 5.41) is 5.86. The highest BCUT2D eigenvalue weighted by Crippen LogP contribution is 2.49. The second-order valence-corrected chi connectivity index (χ2v) is 8.55. The van der Waals surface area contributed by atoms with Crippen molar-refractivity contribution < 1.29 is 14.4 Å². The van der Waals surface area contributed by atoms with E-state index in [0.29, 0.717) is 25.9 Å². The second kappa shape index (κ2) is 7.27. The number of hydrogen-bond donors (Lipinski definition) is 2. The first-order chi connectivity index (χ1) is 14.5. The van der Waals surface area contributed by atoms with Gasteiger partial charge in [0.05, 0.1) is 5.41 Å². The molecule has 1 aliphatic carbocycles. The third-order valence-corrected chi connectivity index (χ3v) is 6.59. The summed E-state index contributed by atoms with van der Waals surface area (Å²) in [5.41, 5.74) is 3.68. The molecule has 0 unspecified atom stereocenters. The number of carbonyl (C=O) groups is 3. The van der Waals surface area contributed by atoms with Crippen molar-refractivity contribution in [3.8, 4) is 0 Å². The van der Waals surface area contributed by atoms with Gasteiger partial charge < -0.3 is 15.5 Å². The molecule has 2 heterocycles. The highest BCUT2D eigenvalue weighted by molar-refractivity contribution is 6.01. The molecule has 1 atom stereocenters. The summed E-state index contributed by atoms with van der Waals surface area (Å²) < 4.78 is 0. The number of carbonyl (C=O) groups excluding carboxylic acids is 3. The van der Waals surface area contributed by atoms with Crippen LogP contribution in [0.3, 0.4) is 0 Å². The topological polar surface area (TPSA) is 78.5 Å². The molecule has 3 amide bonds. The van der Waals surface area contributed by atoms with Crippen LogP contribution in [0.2, 0.25) is 0 Å². The summed E-state index contributed by atoms with van der Waals surface area (Å²) in [4.78, 5) is 39.1. The van der Waals surface area contributed by atoms with Crippen molar-refractivity contribution in [1.82, 2.24) is 10.2 Å². The van der Waals surface area contributed by atoms with E-state index in [1.807, 2.05) is 53.4 Å². The van der Waals surface area contributed by atoms with Gasteiger partial charge in [0.1, 0.15) is 6.04 Å². The monoisotopic (exact) mass is 403 g/mol. The van der Waals surface area contributed by atoms with E-state index in [1.165, 1.54) is 5.56 Å². The van der Waals surface area contributed by atoms with Crippen molar-refractivity contribution in [2.24, 2.45) is 0 Å². The number of nitrogens with one attached hydrogen (secondary N) is 2. The average molecular weight is 403 g/mol. The lowest BCUT2D eigenvalue weighted by molar-refractivity contribution is -0.135. The van der Waals surface area contributed by atoms with Crippen molar-refractivity contribution in [3.05, 3.63) is 65.2 Å². The van der Waals surface area contributed by atoms with Crippen molar-refractivity contribution in [2.45, 2.75) is 50.1 Å². The minimum Gasteiger partial charge on any atom is -0.344 e. The standard InChI is InChI=1S/C24H25N3O3/c28-21-9-8-20(26-21)22(29)27-13-10-16-6-7-19(14-17(16)15-27)25-23(30)24(11-12-24)18-4-2-1-3-5-18/h1-7,14,20H,8-13,15H2,(H,25,30)(H,26,28)/t20-/m0/s1. The van der Waals surface area contributed by atoms with E-state index < -0.39 is 11.5 Å². The Balaban J connectivity index is 1.30. The van der Waals surface area contributed by atoms with Gasteiger partial charge in [-0.2, -0.15) is 0 Å². The lowest BCUT2D eigenvalue weighted by Crippen LogP contribution is -2.46. The first kappa shape index (κ1) is 18.9. The SMILES string of the molecule is O=C1CC[C@@H](C(=O)N2CCc3ccc(NC(=O)C4(c5ccccc5)CC4)cc3C2)N1. The Kier molecular flexibility index (Phi) is 4.57. The first-order valence-corrected chi connectivity index (χ1v) is 10.6. The Labute approximate surface area is 175 Å². The third-order valence-electron chi connectivity index (χ3n) is 6.59. The normalized spacial score (nSPS) is 21.5. The number of rotatable bonds is 4. The highest BCUT2D eigenvalue weighted by atomic mass is 16.2. The molecule has 6 heteroatoms. The molecule has 2 aromatic carbocycles. The molecule has 0 aromatic heterocycles. The quantitative estimate of drug-likeness (QED) is 0.823. The summed E-state index contributed by atoms with van der Waals surface area (Å²) in [5.74, 6) is -0.0313. The van der Waals surface area contributed by atoms with Crippen LogP contribution in [0.4, 0.5) is 5.69 Å². The molecule has 2 aliphatic heterocycles. The van der Waals surface area contributed by atoms with E-state index >= 15 is 0 Å². The van der Waals surface area contributed by atoms with Crippen LogP contribution in [0, 0.1) is 0 Å². The molecule has 6 nitrogen and oxygen atoms in total. The van der Waals surface area contributed by atoms with E-state index in [-0.39, 0.29) is 17.7 Å². The van der Waals surface area contributed by atoms with Crippen molar-refractivity contribution in [3.63, 3.8) is 0 Å². The molecule has 3 aliphatic rings. The fourth-order valence-electron chi connectivity index (χ4n) is 4.62. The summed E-state index contributed by atoms with van der Waals surface area (Å²) >= 11 is 0. The molecule has 0 spiro atoms. The molecule has 0 radical (unpaired) electrons. The Hall–Kier alpha value is -3.15. The molecule has 2 aromatic rings. The van der Waals surface area contributed by atoms with Gasteiger partial charge in [-0.15, -0.1) is 0 Å². The van der Waals surface area contributed by atoms with Crippen LogP contribution in [-0.2, 0) is 32.8 Å². The molecule has 1 saturated carbocycles. The van der Waals surface area contributed by atoms with Gasteiger partial charge in [0.15, 0.2) is 0 Å². The van der Waals surface area contributed by atoms with Gasteiger partial charge in [0.2, 0.25) is 17.7 Å². The third kappa shape index (κ3) is 3.36. The van der Waals surface area contributed by atoms with Crippen LogP contribution in [0.5, 0.6) is 0 Å². The number of fused-ring (bicyclic) bond motifs is 1. The number of hydrogen-bond acceptors (Lipinski definition) is 3. The summed E-state index contributed by atoms with van der Waals surface area (Å²) in [6.45, 7) is 1.16. The Morgan fingerprint density at radius 1 is 1.03 bits per heavy atom. The number of amides is 3. The van der Waals surface area contributed by atoms with Crippen molar-refractivity contribution in [2.75, 3.05) is 11.9 Å². The molecule has 154 valence electrons. The lowest BCUT2D eigenvalue weighted by atomic mass is 9.94. The predicted octanol–water partition coefficient (Wildman–Crippen LogP) is 2.52. The smallest absolute Gasteiger partial charge is 0.245 e. The Bertz CT molecular complexity index is 1010. The van der Waals surface area contributed by atoms with Gasteiger partial charge in [-0.3, -0.25) is 14.4 Å². The largest absolute Gasteiger partial charge is 0.344 e. The molecule has 5 rings (SSSR count). The van der Waals surface area contributed by atoms with E-state index in [9.17, 15) is 14.4 Å². The van der Waals surface area contributed by atoms with Gasteiger partial charge in [-0.1, -0.05) is 36.4 Å². The van der Waals surface area contributed by atoms with Crippen LogP contribution in [0.1, 0.15) is 42.4 Å². The zero-order chi connectivity index (χ0) is 20.7. The fourth-order valence-corrected chi connectivity index (χ4v) is 4.62. The van der Waals surface area contributed by atoms with Crippen molar-refractivity contribution in [1.29, 1.82) is 0 Å². The van der Waals surface area contributed by atoms with Gasteiger partial charge in [0.25, 0.3) is 0 Å². The number of nitrogens with zero attached hydrogens (tertiary/aromatic N) is 1. The first-order valence-electron chi connectivity index (χ1n) is 10.6. The van der Waals surface area contributed by atoms with E-state index in [2.05, 4.69) is 10.6 Å². The molecular formula is C24H25N3O3. The predicted molar refractivity (Wildman–Crippen MR) is 113 cm³/mol. The second-order valence-electron chi connectivity index (χ2n) is 8.55. The molecule has 2 N–H and O–H groups in total. The lowest BCUT2D eigenvalue weighted by Gasteiger charge is -2.31. The highest BCUT2D eigenvalue weighted by Gasteiger charge is 2.51. The molecule has 0 bridgehead atoms. The molecule has 1 saturated heterocycles. The maximum atomic E-state index is 13.0. The average Bonchev–Trinajstić information content (AvgIpc) is 3.48. The Morgan fingerprint density at radius 3 is 2.53 bits per heavy atom. The fraction of sp³-hybridized carbons (Fsp3) is 0.375. The maximum absolute atomic E-state index is 13.0. The van der Waals surface area contributed by atoms with E-state index in [1.54, 1.807) is 0 Å². The Morgan fingerprint density at radius 2 is 1.83 bits per heavy atom. The molecule has 2 fully saturated rings. The van der Waals surface area contributed by atoms with E-state index in [4.69, 9.17) is 0 Å².